The van der Waals surface area contributed by atoms with Crippen LogP contribution in [-0.4, -0.2) is 51.9 Å². The summed E-state index contributed by atoms with van der Waals surface area (Å²) in [7, 11) is 0. The van der Waals surface area contributed by atoms with Crippen molar-refractivity contribution in [3.8, 4) is 0 Å². The molecule has 1 aliphatic heterocycles. The van der Waals surface area contributed by atoms with Gasteiger partial charge in [0.2, 0.25) is 5.91 Å². The first-order chi connectivity index (χ1) is 10.9. The highest BCUT2D eigenvalue weighted by molar-refractivity contribution is 5.96. The molecule has 0 aliphatic carbocycles. The van der Waals surface area contributed by atoms with E-state index in [1.54, 1.807) is 11.8 Å². The van der Waals surface area contributed by atoms with Gasteiger partial charge in [-0.25, -0.2) is 9.97 Å². The van der Waals surface area contributed by atoms with E-state index in [0.29, 0.717) is 19.0 Å². The van der Waals surface area contributed by atoms with Crippen molar-refractivity contribution in [2.24, 2.45) is 11.7 Å². The third kappa shape index (κ3) is 4.16. The Kier molecular flexibility index (Phi) is 5.49. The van der Waals surface area contributed by atoms with E-state index >= 15 is 0 Å². The van der Waals surface area contributed by atoms with Crippen molar-refractivity contribution in [1.82, 2.24) is 20.2 Å². The van der Waals surface area contributed by atoms with Crippen LogP contribution < -0.4 is 16.8 Å². The van der Waals surface area contributed by atoms with Crippen LogP contribution in [0.2, 0.25) is 0 Å². The molecule has 1 aromatic rings. The van der Waals surface area contributed by atoms with Gasteiger partial charge in [-0.05, 0) is 32.6 Å². The number of nitrogens with zero attached hydrogens (tertiary/aromatic N) is 3. The molecule has 0 aromatic carbocycles. The molecular formula is C15H24N6O2. The highest BCUT2D eigenvalue weighted by Crippen LogP contribution is 2.21. The lowest BCUT2D eigenvalue weighted by molar-refractivity contribution is -0.133. The van der Waals surface area contributed by atoms with E-state index < -0.39 is 6.04 Å². The first kappa shape index (κ1) is 17.1. The Morgan fingerprint density at radius 1 is 1.26 bits per heavy atom. The minimum Gasteiger partial charge on any atom is -0.382 e. The van der Waals surface area contributed by atoms with Gasteiger partial charge in [-0.2, -0.15) is 0 Å². The molecule has 1 saturated heterocycles. The maximum atomic E-state index is 12.2. The normalized spacial score (nSPS) is 18.3. The number of rotatable bonds is 4. The Morgan fingerprint density at radius 3 is 2.43 bits per heavy atom. The Bertz CT molecular complexity index is 569. The highest BCUT2D eigenvalue weighted by atomic mass is 16.2. The molecule has 2 atom stereocenters. The van der Waals surface area contributed by atoms with Crippen molar-refractivity contribution in [2.75, 3.05) is 18.8 Å². The van der Waals surface area contributed by atoms with Crippen molar-refractivity contribution in [2.45, 2.75) is 38.8 Å². The van der Waals surface area contributed by atoms with E-state index in [1.165, 1.54) is 12.4 Å². The number of carbonyl (C=O) groups is 2. The summed E-state index contributed by atoms with van der Waals surface area (Å²) in [6.07, 6.45) is 4.54. The predicted molar refractivity (Wildman–Crippen MR) is 86.3 cm³/mol. The molecule has 1 aliphatic rings. The van der Waals surface area contributed by atoms with Gasteiger partial charge in [0.25, 0.3) is 5.91 Å². The lowest BCUT2D eigenvalue weighted by Gasteiger charge is -2.35. The smallest absolute Gasteiger partial charge is 0.273 e. The highest BCUT2D eigenvalue weighted by Gasteiger charge is 2.28. The molecule has 23 heavy (non-hydrogen) atoms. The Labute approximate surface area is 135 Å². The summed E-state index contributed by atoms with van der Waals surface area (Å²) in [5.74, 6) is 0.0770. The van der Waals surface area contributed by atoms with Crippen molar-refractivity contribution in [1.29, 1.82) is 0 Å². The summed E-state index contributed by atoms with van der Waals surface area (Å²) in [6.45, 7) is 4.98. The average Bonchev–Trinajstić information content (AvgIpc) is 2.54. The van der Waals surface area contributed by atoms with Gasteiger partial charge in [-0.15, -0.1) is 0 Å². The van der Waals surface area contributed by atoms with Gasteiger partial charge in [-0.3, -0.25) is 9.59 Å². The molecule has 5 N–H and O–H groups in total. The van der Waals surface area contributed by atoms with Crippen LogP contribution in [0.25, 0.3) is 0 Å². The average molecular weight is 320 g/mol. The van der Waals surface area contributed by atoms with E-state index in [-0.39, 0.29) is 29.4 Å². The van der Waals surface area contributed by atoms with E-state index in [2.05, 4.69) is 15.3 Å². The Morgan fingerprint density at radius 2 is 1.87 bits per heavy atom. The van der Waals surface area contributed by atoms with E-state index in [9.17, 15) is 9.59 Å². The SMILES string of the molecule is CC(NC(=O)c1nccnc1N)C1CCN(C(=O)[C@H](C)N)CC1. The summed E-state index contributed by atoms with van der Waals surface area (Å²) in [5.41, 5.74) is 11.4. The largest absolute Gasteiger partial charge is 0.382 e. The van der Waals surface area contributed by atoms with E-state index in [0.717, 1.165) is 12.8 Å². The van der Waals surface area contributed by atoms with Crippen LogP contribution in [-0.2, 0) is 4.79 Å². The van der Waals surface area contributed by atoms with Gasteiger partial charge in [0.15, 0.2) is 11.5 Å². The van der Waals surface area contributed by atoms with E-state index in [4.69, 9.17) is 11.5 Å². The van der Waals surface area contributed by atoms with Crippen molar-refractivity contribution < 1.29 is 9.59 Å². The number of nitrogen functional groups attached to an aromatic ring is 1. The summed E-state index contributed by atoms with van der Waals surface area (Å²) in [4.78, 5) is 33.7. The molecule has 1 aromatic heterocycles. The summed E-state index contributed by atoms with van der Waals surface area (Å²) in [6, 6.07) is -0.500. The molecule has 2 rings (SSSR count). The van der Waals surface area contributed by atoms with Crippen LogP contribution in [0.3, 0.4) is 0 Å². The number of piperidine rings is 1. The fraction of sp³-hybridized carbons (Fsp3) is 0.600. The molecule has 2 amide bonds. The van der Waals surface area contributed by atoms with Crippen LogP contribution in [0, 0.1) is 5.92 Å². The molecule has 2 heterocycles. The zero-order valence-corrected chi connectivity index (χ0v) is 13.5. The predicted octanol–water partition coefficient (Wildman–Crippen LogP) is -0.237. The van der Waals surface area contributed by atoms with Crippen LogP contribution in [0.4, 0.5) is 5.82 Å². The molecule has 0 saturated carbocycles. The second-order valence-corrected chi connectivity index (χ2v) is 6.00. The second kappa shape index (κ2) is 7.36. The molecule has 8 nitrogen and oxygen atoms in total. The van der Waals surface area contributed by atoms with Crippen LogP contribution in [0.1, 0.15) is 37.2 Å². The number of nitrogens with one attached hydrogen (secondary N) is 1. The number of anilines is 1. The molecule has 1 fully saturated rings. The number of nitrogens with two attached hydrogens (primary N) is 2. The third-order valence-electron chi connectivity index (χ3n) is 4.25. The first-order valence-corrected chi connectivity index (χ1v) is 7.82. The standard InChI is InChI=1S/C15H24N6O2/c1-9(16)15(23)21-7-3-11(4-8-21)10(2)20-14(22)12-13(17)19-6-5-18-12/h5-6,9-11H,3-4,7-8,16H2,1-2H3,(H2,17,19)(H,20,22)/t9-,10?/m0/s1. The lowest BCUT2D eigenvalue weighted by atomic mass is 9.90. The molecular weight excluding hydrogens is 296 g/mol. The van der Waals surface area contributed by atoms with Crippen LogP contribution in [0.15, 0.2) is 12.4 Å². The number of aromatic nitrogens is 2. The zero-order valence-electron chi connectivity index (χ0n) is 13.5. The van der Waals surface area contributed by atoms with Gasteiger partial charge < -0.3 is 21.7 Å². The summed E-state index contributed by atoms with van der Waals surface area (Å²) < 4.78 is 0. The van der Waals surface area contributed by atoms with Crippen molar-refractivity contribution >= 4 is 17.6 Å². The molecule has 0 bridgehead atoms. The van der Waals surface area contributed by atoms with Gasteiger partial charge in [-0.1, -0.05) is 0 Å². The number of likely N-dealkylation sites (tertiary alicyclic amines) is 1. The van der Waals surface area contributed by atoms with Crippen LogP contribution >= 0.6 is 0 Å². The van der Waals surface area contributed by atoms with Gasteiger partial charge in [0.05, 0.1) is 6.04 Å². The Hall–Kier alpha value is -2.22. The molecule has 1 unspecified atom stereocenters. The van der Waals surface area contributed by atoms with Gasteiger partial charge >= 0.3 is 0 Å². The fourth-order valence-electron chi connectivity index (χ4n) is 2.82. The van der Waals surface area contributed by atoms with Gasteiger partial charge in [0.1, 0.15) is 0 Å². The van der Waals surface area contributed by atoms with Crippen LogP contribution in [0.5, 0.6) is 0 Å². The second-order valence-electron chi connectivity index (χ2n) is 6.00. The van der Waals surface area contributed by atoms with E-state index in [1.807, 2.05) is 6.92 Å². The number of hydrogen-bond donors (Lipinski definition) is 3. The summed E-state index contributed by atoms with van der Waals surface area (Å²) >= 11 is 0. The molecule has 0 spiro atoms. The first-order valence-electron chi connectivity index (χ1n) is 7.82. The lowest BCUT2D eigenvalue weighted by Crippen LogP contribution is -2.49. The van der Waals surface area contributed by atoms with Crippen molar-refractivity contribution in [3.05, 3.63) is 18.1 Å². The molecule has 0 radical (unpaired) electrons. The Balaban J connectivity index is 1.88. The number of amides is 2. The maximum Gasteiger partial charge on any atom is 0.273 e. The fourth-order valence-corrected chi connectivity index (χ4v) is 2.82. The quantitative estimate of drug-likeness (QED) is 0.703. The minimum absolute atomic E-state index is 0.0209. The zero-order chi connectivity index (χ0) is 17.0. The van der Waals surface area contributed by atoms with Crippen molar-refractivity contribution in [3.63, 3.8) is 0 Å². The molecule has 8 heteroatoms. The topological polar surface area (TPSA) is 127 Å². The molecule has 126 valence electrons. The minimum atomic E-state index is -0.469. The number of hydrogen-bond acceptors (Lipinski definition) is 6. The number of carbonyl (C=O) groups excluding carboxylic acids is 2. The third-order valence-corrected chi connectivity index (χ3v) is 4.25. The maximum absolute atomic E-state index is 12.2. The monoisotopic (exact) mass is 320 g/mol. The summed E-state index contributed by atoms with van der Waals surface area (Å²) in [5, 5.41) is 2.92. The van der Waals surface area contributed by atoms with Gasteiger partial charge in [0, 0.05) is 31.5 Å².